The maximum absolute atomic E-state index is 12.6. The van der Waals surface area contributed by atoms with E-state index in [1.807, 2.05) is 0 Å². The smallest absolute Gasteiger partial charge is 0.383 e. The van der Waals surface area contributed by atoms with Gasteiger partial charge in [-0.2, -0.15) is 0 Å². The third kappa shape index (κ3) is 10.4. The Labute approximate surface area is 205 Å². The van der Waals surface area contributed by atoms with Crippen molar-refractivity contribution in [2.45, 2.75) is 117 Å². The van der Waals surface area contributed by atoms with Crippen LogP contribution in [0.2, 0.25) is 0 Å². The molecule has 0 spiro atoms. The van der Waals surface area contributed by atoms with Gasteiger partial charge in [0.25, 0.3) is 0 Å². The highest BCUT2D eigenvalue weighted by molar-refractivity contribution is 5.86. The minimum Gasteiger partial charge on any atom is -0.508 e. The lowest BCUT2D eigenvalue weighted by Crippen LogP contribution is -2.12. The molecule has 0 aliphatic heterocycles. The van der Waals surface area contributed by atoms with E-state index in [0.29, 0.717) is 29.9 Å². The summed E-state index contributed by atoms with van der Waals surface area (Å²) in [4.78, 5) is 12.6. The zero-order valence-corrected chi connectivity index (χ0v) is 21.5. The second-order valence-corrected chi connectivity index (χ2v) is 9.37. The van der Waals surface area contributed by atoms with Crippen molar-refractivity contribution in [1.82, 2.24) is 0 Å². The van der Waals surface area contributed by atoms with Crippen LogP contribution in [0.3, 0.4) is 0 Å². The summed E-state index contributed by atoms with van der Waals surface area (Å²) in [5.74, 6) is 0.645. The molecule has 0 saturated heterocycles. The van der Waals surface area contributed by atoms with Crippen LogP contribution in [-0.2, 0) is 0 Å². The Morgan fingerprint density at radius 3 is 1.68 bits per heavy atom. The van der Waals surface area contributed by atoms with Crippen LogP contribution in [0.1, 0.15) is 117 Å². The van der Waals surface area contributed by atoms with Crippen molar-refractivity contribution in [1.29, 1.82) is 0 Å². The Hall–Kier alpha value is -2.17. The van der Waals surface area contributed by atoms with Crippen LogP contribution in [0.25, 0.3) is 11.0 Å². The van der Waals surface area contributed by atoms with Gasteiger partial charge in [-0.15, -0.1) is 0 Å². The quantitative estimate of drug-likeness (QED) is 0.154. The second kappa shape index (κ2) is 17.3. The van der Waals surface area contributed by atoms with Gasteiger partial charge in [0.15, 0.2) is 5.75 Å². The molecular formula is C29H46O5. The number of fused-ring (bicyclic) bond motifs is 1. The Morgan fingerprint density at radius 1 is 0.676 bits per heavy atom. The first-order valence-corrected chi connectivity index (χ1v) is 13.7. The summed E-state index contributed by atoms with van der Waals surface area (Å²) in [6.45, 7) is 5.47. The van der Waals surface area contributed by atoms with Gasteiger partial charge in [0, 0.05) is 6.07 Å². The van der Waals surface area contributed by atoms with Crippen molar-refractivity contribution in [2.75, 3.05) is 13.2 Å². The molecule has 5 heteroatoms. The Balaban J connectivity index is 1.87. The van der Waals surface area contributed by atoms with E-state index in [1.54, 1.807) is 12.1 Å². The Bertz CT molecular complexity index is 857. The largest absolute Gasteiger partial charge is 0.508 e. The van der Waals surface area contributed by atoms with Crippen molar-refractivity contribution in [3.63, 3.8) is 0 Å². The average molecular weight is 475 g/mol. The van der Waals surface area contributed by atoms with Gasteiger partial charge in [0.05, 0.1) is 18.6 Å². The van der Waals surface area contributed by atoms with Crippen LogP contribution in [0.15, 0.2) is 27.4 Å². The van der Waals surface area contributed by atoms with E-state index in [0.717, 1.165) is 25.7 Å². The lowest BCUT2D eigenvalue weighted by molar-refractivity contribution is 0.250. The van der Waals surface area contributed by atoms with E-state index in [-0.39, 0.29) is 11.5 Å². The predicted molar refractivity (Wildman–Crippen MR) is 140 cm³/mol. The minimum atomic E-state index is -0.552. The number of benzene rings is 1. The van der Waals surface area contributed by atoms with Crippen molar-refractivity contribution in [2.24, 2.45) is 0 Å². The molecule has 0 fully saturated rings. The third-order valence-electron chi connectivity index (χ3n) is 6.29. The molecule has 1 N–H and O–H groups in total. The molecule has 2 rings (SSSR count). The fourth-order valence-corrected chi connectivity index (χ4v) is 4.23. The fourth-order valence-electron chi connectivity index (χ4n) is 4.23. The molecule has 1 heterocycles. The fraction of sp³-hybridized carbons (Fsp3) is 0.690. The van der Waals surface area contributed by atoms with Gasteiger partial charge in [-0.3, -0.25) is 0 Å². The number of phenolic OH excluding ortho intramolecular Hbond substituents is 1. The van der Waals surface area contributed by atoms with Crippen LogP contribution >= 0.6 is 0 Å². The molecule has 0 aliphatic rings. The second-order valence-electron chi connectivity index (χ2n) is 9.37. The van der Waals surface area contributed by atoms with E-state index in [1.165, 1.54) is 83.1 Å². The molecule has 0 atom stereocenters. The highest BCUT2D eigenvalue weighted by Gasteiger charge is 2.18. The molecular weight excluding hydrogens is 428 g/mol. The van der Waals surface area contributed by atoms with Gasteiger partial charge >= 0.3 is 5.63 Å². The molecule has 1 aromatic carbocycles. The summed E-state index contributed by atoms with van der Waals surface area (Å²) >= 11 is 0. The summed E-state index contributed by atoms with van der Waals surface area (Å²) in [6.07, 6.45) is 19.4. The zero-order valence-electron chi connectivity index (χ0n) is 21.5. The van der Waals surface area contributed by atoms with E-state index < -0.39 is 5.63 Å². The molecule has 0 amide bonds. The number of hydrogen-bond donors (Lipinski definition) is 1. The molecule has 0 bridgehead atoms. The number of rotatable bonds is 20. The summed E-state index contributed by atoms with van der Waals surface area (Å²) in [5.41, 5.74) is -0.237. The topological polar surface area (TPSA) is 68.9 Å². The lowest BCUT2D eigenvalue weighted by Gasteiger charge is -2.14. The zero-order chi connectivity index (χ0) is 24.4. The lowest BCUT2D eigenvalue weighted by atomic mass is 10.1. The van der Waals surface area contributed by atoms with Crippen LogP contribution in [0.4, 0.5) is 0 Å². The summed E-state index contributed by atoms with van der Waals surface area (Å²) in [7, 11) is 0. The number of hydrogen-bond acceptors (Lipinski definition) is 5. The van der Waals surface area contributed by atoms with Crippen molar-refractivity contribution < 1.29 is 19.0 Å². The van der Waals surface area contributed by atoms with Crippen molar-refractivity contribution >= 4 is 11.0 Å². The molecule has 0 radical (unpaired) electrons. The van der Waals surface area contributed by atoms with E-state index in [4.69, 9.17) is 13.9 Å². The highest BCUT2D eigenvalue weighted by Crippen LogP contribution is 2.34. The number of ether oxygens (including phenoxy) is 2. The summed E-state index contributed by atoms with van der Waals surface area (Å²) in [5, 5.41) is 10.4. The van der Waals surface area contributed by atoms with E-state index in [2.05, 4.69) is 13.8 Å². The van der Waals surface area contributed by atoms with E-state index in [9.17, 15) is 9.90 Å². The van der Waals surface area contributed by atoms with Gasteiger partial charge in [0.2, 0.25) is 5.75 Å². The molecule has 0 unspecified atom stereocenters. The maximum atomic E-state index is 12.6. The van der Waals surface area contributed by atoms with Gasteiger partial charge in [-0.25, -0.2) is 4.79 Å². The summed E-state index contributed by atoms with van der Waals surface area (Å²) < 4.78 is 17.4. The summed E-state index contributed by atoms with van der Waals surface area (Å²) in [6, 6.07) is 4.75. The first-order chi connectivity index (χ1) is 16.7. The number of unbranched alkanes of at least 4 members (excludes halogenated alkanes) is 14. The third-order valence-corrected chi connectivity index (χ3v) is 6.29. The molecule has 5 nitrogen and oxygen atoms in total. The predicted octanol–water partition coefficient (Wildman–Crippen LogP) is 8.54. The average Bonchev–Trinajstić information content (AvgIpc) is 2.82. The van der Waals surface area contributed by atoms with E-state index >= 15 is 0 Å². The Morgan fingerprint density at radius 2 is 1.15 bits per heavy atom. The van der Waals surface area contributed by atoms with Gasteiger partial charge in [0.1, 0.15) is 11.3 Å². The Kier molecular flexibility index (Phi) is 14.3. The monoisotopic (exact) mass is 474 g/mol. The first-order valence-electron chi connectivity index (χ1n) is 13.7. The van der Waals surface area contributed by atoms with Gasteiger partial charge < -0.3 is 19.0 Å². The maximum Gasteiger partial charge on any atom is 0.383 e. The first kappa shape index (κ1) is 28.1. The van der Waals surface area contributed by atoms with Crippen molar-refractivity contribution in [3.05, 3.63) is 28.6 Å². The molecule has 2 aromatic rings. The minimum absolute atomic E-state index is 0.0530. The van der Waals surface area contributed by atoms with Gasteiger partial charge in [-0.1, -0.05) is 104 Å². The van der Waals surface area contributed by atoms with Crippen LogP contribution < -0.4 is 15.1 Å². The van der Waals surface area contributed by atoms with Crippen LogP contribution in [0, 0.1) is 0 Å². The SMILES string of the molecule is CCCCCCCCCCOc1c(OCCCCCCCCCC)c2ccc(O)cc2oc1=O. The number of phenols is 1. The van der Waals surface area contributed by atoms with Gasteiger partial charge in [-0.05, 0) is 25.0 Å². The normalized spacial score (nSPS) is 11.2. The molecule has 1 aromatic heterocycles. The molecule has 192 valence electrons. The van der Waals surface area contributed by atoms with Crippen LogP contribution in [0.5, 0.6) is 17.2 Å². The number of aromatic hydroxyl groups is 1. The molecule has 0 saturated carbocycles. The molecule has 34 heavy (non-hydrogen) atoms. The molecule has 0 aliphatic carbocycles. The standard InChI is InChI=1S/C29H46O5/c1-3-5-7-9-11-13-15-17-21-32-27-25-20-19-24(30)23-26(25)34-29(31)28(27)33-22-18-16-14-12-10-8-6-4-2/h19-20,23,30H,3-18,21-22H2,1-2H3. The highest BCUT2D eigenvalue weighted by atomic mass is 16.5. The van der Waals surface area contributed by atoms with Crippen molar-refractivity contribution in [3.8, 4) is 17.2 Å². The van der Waals surface area contributed by atoms with Crippen LogP contribution in [-0.4, -0.2) is 18.3 Å².